The molecule has 0 aliphatic heterocycles. The van der Waals surface area contributed by atoms with Gasteiger partial charge in [-0.2, -0.15) is 0 Å². The Morgan fingerprint density at radius 3 is 2.06 bits per heavy atom. The van der Waals surface area contributed by atoms with Crippen molar-refractivity contribution in [2.24, 2.45) is 0 Å². The van der Waals surface area contributed by atoms with E-state index in [1.807, 2.05) is 32.0 Å². The Morgan fingerprint density at radius 2 is 1.67 bits per heavy atom. The third-order valence-electron chi connectivity index (χ3n) is 4.12. The average molecular weight is 266 g/mol. The SMILES string of the molecule is CO[C@H](C)[C@@H](c1ccccc1)[C@](C)(O)[Si](C)(C)C. The number of hydrogen-bond donors (Lipinski definition) is 1. The van der Waals surface area contributed by atoms with Crippen LogP contribution in [0.5, 0.6) is 0 Å². The van der Waals surface area contributed by atoms with Crippen LogP contribution in [0, 0.1) is 0 Å². The molecule has 0 amide bonds. The predicted octanol–water partition coefficient (Wildman–Crippen LogP) is 3.43. The van der Waals surface area contributed by atoms with Crippen LogP contribution in [-0.2, 0) is 4.74 Å². The monoisotopic (exact) mass is 266 g/mol. The quantitative estimate of drug-likeness (QED) is 0.827. The summed E-state index contributed by atoms with van der Waals surface area (Å²) in [6, 6.07) is 10.2. The number of rotatable bonds is 5. The molecule has 0 saturated carbocycles. The Labute approximate surface area is 112 Å². The summed E-state index contributed by atoms with van der Waals surface area (Å²) < 4.78 is 5.51. The fourth-order valence-electron chi connectivity index (χ4n) is 2.32. The average Bonchev–Trinajstić information content (AvgIpc) is 2.28. The maximum atomic E-state index is 11.0. The summed E-state index contributed by atoms with van der Waals surface area (Å²) in [5, 5.41) is 10.3. The fraction of sp³-hybridized carbons (Fsp3) is 0.600. The number of benzene rings is 1. The molecule has 0 spiro atoms. The first kappa shape index (κ1) is 15.4. The molecule has 2 nitrogen and oxygen atoms in total. The highest BCUT2D eigenvalue weighted by Gasteiger charge is 2.46. The third-order valence-corrected chi connectivity index (χ3v) is 7.47. The smallest absolute Gasteiger partial charge is 0.0826 e. The Morgan fingerprint density at radius 1 is 1.17 bits per heavy atom. The van der Waals surface area contributed by atoms with Gasteiger partial charge in [-0.1, -0.05) is 50.0 Å². The lowest BCUT2D eigenvalue weighted by Gasteiger charge is -2.44. The number of hydrogen-bond acceptors (Lipinski definition) is 2. The predicted molar refractivity (Wildman–Crippen MR) is 79.6 cm³/mol. The number of aliphatic hydroxyl groups is 1. The zero-order chi connectivity index (χ0) is 14.0. The molecule has 0 heterocycles. The van der Waals surface area contributed by atoms with Gasteiger partial charge in [0.05, 0.1) is 19.4 Å². The van der Waals surface area contributed by atoms with Gasteiger partial charge < -0.3 is 9.84 Å². The lowest BCUT2D eigenvalue weighted by atomic mass is 9.89. The molecular formula is C15H26O2Si. The summed E-state index contributed by atoms with van der Waals surface area (Å²) in [6.07, 6.45) is -0.00544. The molecule has 0 aliphatic rings. The van der Waals surface area contributed by atoms with Crippen molar-refractivity contribution in [3.63, 3.8) is 0 Å². The molecule has 102 valence electrons. The van der Waals surface area contributed by atoms with Crippen LogP contribution in [0.2, 0.25) is 19.6 Å². The second-order valence-corrected chi connectivity index (χ2v) is 11.7. The molecule has 0 fully saturated rings. The van der Waals surface area contributed by atoms with Crippen LogP contribution in [0.25, 0.3) is 0 Å². The van der Waals surface area contributed by atoms with Crippen LogP contribution < -0.4 is 0 Å². The number of ether oxygens (including phenoxy) is 1. The van der Waals surface area contributed by atoms with E-state index in [0.29, 0.717) is 0 Å². The highest BCUT2D eigenvalue weighted by molar-refractivity contribution is 6.79. The van der Waals surface area contributed by atoms with E-state index in [2.05, 4.69) is 31.8 Å². The van der Waals surface area contributed by atoms with Gasteiger partial charge in [0.1, 0.15) is 0 Å². The van der Waals surface area contributed by atoms with E-state index in [-0.39, 0.29) is 12.0 Å². The Kier molecular flexibility index (Phi) is 4.76. The minimum Gasteiger partial charge on any atom is -0.393 e. The molecule has 0 unspecified atom stereocenters. The fourth-order valence-corrected chi connectivity index (χ4v) is 3.65. The standard InChI is InChI=1S/C15H26O2Si/c1-12(17-3)14(13-10-8-7-9-11-13)15(2,16)18(4,5)6/h7-12,14,16H,1-6H3/t12-,14+,15-/m1/s1. The lowest BCUT2D eigenvalue weighted by Crippen LogP contribution is -2.56. The minimum absolute atomic E-state index is 0.00544. The van der Waals surface area contributed by atoms with E-state index < -0.39 is 13.3 Å². The highest BCUT2D eigenvalue weighted by atomic mass is 28.3. The Hall–Kier alpha value is -0.643. The summed E-state index contributed by atoms with van der Waals surface area (Å²) >= 11 is 0. The van der Waals surface area contributed by atoms with Gasteiger partial charge in [-0.25, -0.2) is 0 Å². The van der Waals surface area contributed by atoms with E-state index in [4.69, 9.17) is 4.74 Å². The van der Waals surface area contributed by atoms with Crippen molar-refractivity contribution in [3.05, 3.63) is 35.9 Å². The first-order valence-electron chi connectivity index (χ1n) is 6.52. The molecule has 3 atom stereocenters. The molecule has 18 heavy (non-hydrogen) atoms. The maximum absolute atomic E-state index is 11.0. The van der Waals surface area contributed by atoms with Gasteiger partial charge in [-0.3, -0.25) is 0 Å². The molecule has 0 aliphatic carbocycles. The van der Waals surface area contributed by atoms with Gasteiger partial charge in [0, 0.05) is 13.0 Å². The first-order valence-corrected chi connectivity index (χ1v) is 10.0. The molecule has 3 heteroatoms. The van der Waals surface area contributed by atoms with Crippen molar-refractivity contribution >= 4 is 8.07 Å². The van der Waals surface area contributed by atoms with Crippen molar-refractivity contribution in [1.29, 1.82) is 0 Å². The van der Waals surface area contributed by atoms with E-state index in [0.717, 1.165) is 5.56 Å². The largest absolute Gasteiger partial charge is 0.393 e. The Balaban J connectivity index is 3.23. The summed E-state index contributed by atoms with van der Waals surface area (Å²) in [7, 11) is -0.0250. The van der Waals surface area contributed by atoms with Crippen LogP contribution in [0.15, 0.2) is 30.3 Å². The van der Waals surface area contributed by atoms with E-state index >= 15 is 0 Å². The van der Waals surface area contributed by atoms with Crippen LogP contribution in [0.4, 0.5) is 0 Å². The van der Waals surface area contributed by atoms with Gasteiger partial charge in [0.2, 0.25) is 0 Å². The minimum atomic E-state index is -1.73. The zero-order valence-corrected chi connectivity index (χ0v) is 13.4. The molecule has 1 rings (SSSR count). The van der Waals surface area contributed by atoms with Crippen molar-refractivity contribution in [3.8, 4) is 0 Å². The van der Waals surface area contributed by atoms with Crippen LogP contribution in [-0.4, -0.2) is 31.6 Å². The van der Waals surface area contributed by atoms with Crippen molar-refractivity contribution in [2.45, 2.75) is 50.7 Å². The molecule has 0 radical (unpaired) electrons. The summed E-state index contributed by atoms with van der Waals surface area (Å²) in [5.74, 6) is 0.00960. The second-order valence-electron chi connectivity index (χ2n) is 6.23. The van der Waals surface area contributed by atoms with Gasteiger partial charge in [-0.15, -0.1) is 0 Å². The van der Waals surface area contributed by atoms with Gasteiger partial charge in [0.15, 0.2) is 0 Å². The molecule has 1 N–H and O–H groups in total. The van der Waals surface area contributed by atoms with Crippen LogP contribution >= 0.6 is 0 Å². The molecule has 1 aromatic carbocycles. The number of methoxy groups -OCH3 is 1. The van der Waals surface area contributed by atoms with Gasteiger partial charge in [-0.05, 0) is 19.4 Å². The third kappa shape index (κ3) is 3.02. The lowest BCUT2D eigenvalue weighted by molar-refractivity contribution is 0.0120. The summed E-state index contributed by atoms with van der Waals surface area (Å²) in [5.41, 5.74) is 1.15. The zero-order valence-electron chi connectivity index (χ0n) is 12.4. The van der Waals surface area contributed by atoms with E-state index in [1.165, 1.54) is 0 Å². The van der Waals surface area contributed by atoms with Gasteiger partial charge >= 0.3 is 0 Å². The van der Waals surface area contributed by atoms with Crippen molar-refractivity contribution in [2.75, 3.05) is 7.11 Å². The van der Waals surface area contributed by atoms with Crippen LogP contribution in [0.3, 0.4) is 0 Å². The summed E-state index contributed by atoms with van der Waals surface area (Å²) in [6.45, 7) is 10.6. The normalized spacial score (nSPS) is 19.1. The van der Waals surface area contributed by atoms with E-state index in [1.54, 1.807) is 7.11 Å². The molecular weight excluding hydrogens is 240 g/mol. The second kappa shape index (κ2) is 5.55. The highest BCUT2D eigenvalue weighted by Crippen LogP contribution is 2.38. The maximum Gasteiger partial charge on any atom is 0.0826 e. The van der Waals surface area contributed by atoms with Crippen molar-refractivity contribution < 1.29 is 9.84 Å². The topological polar surface area (TPSA) is 29.5 Å². The van der Waals surface area contributed by atoms with E-state index in [9.17, 15) is 5.11 Å². The Bertz CT molecular complexity index is 368. The first-order chi connectivity index (χ1) is 8.21. The molecule has 1 aromatic rings. The molecule has 0 saturated heterocycles. The van der Waals surface area contributed by atoms with Crippen LogP contribution in [0.1, 0.15) is 25.3 Å². The van der Waals surface area contributed by atoms with Gasteiger partial charge in [0.25, 0.3) is 0 Å². The van der Waals surface area contributed by atoms with Crippen molar-refractivity contribution in [1.82, 2.24) is 0 Å². The molecule has 0 bridgehead atoms. The summed E-state index contributed by atoms with van der Waals surface area (Å²) in [4.78, 5) is 0. The molecule has 0 aromatic heterocycles.